The largest absolute Gasteiger partial charge is 0.497 e. The Morgan fingerprint density at radius 2 is 1.89 bits per heavy atom. The Balaban J connectivity index is 1.29. The fourth-order valence-electron chi connectivity index (χ4n) is 4.19. The van der Waals surface area contributed by atoms with E-state index in [-0.39, 0.29) is 6.10 Å². The van der Waals surface area contributed by atoms with Crippen molar-refractivity contribution in [3.05, 3.63) is 59.2 Å². The molecule has 1 saturated heterocycles. The van der Waals surface area contributed by atoms with Crippen LogP contribution < -0.4 is 9.64 Å². The van der Waals surface area contributed by atoms with Gasteiger partial charge in [0.05, 0.1) is 19.8 Å². The molecular formula is C23H28N2O3. The molecule has 0 bridgehead atoms. The second kappa shape index (κ2) is 8.76. The molecule has 0 aliphatic carbocycles. The van der Waals surface area contributed by atoms with Gasteiger partial charge in [-0.05, 0) is 54.3 Å². The maximum Gasteiger partial charge on any atom is 0.150 e. The molecule has 0 amide bonds. The van der Waals surface area contributed by atoms with Gasteiger partial charge in [0, 0.05) is 44.0 Å². The molecule has 4 rings (SSSR count). The number of rotatable bonds is 6. The molecule has 2 aliphatic rings. The summed E-state index contributed by atoms with van der Waals surface area (Å²) in [5, 5.41) is 0. The lowest BCUT2D eigenvalue weighted by molar-refractivity contribution is 0.0289. The molecular weight excluding hydrogens is 352 g/mol. The van der Waals surface area contributed by atoms with Gasteiger partial charge in [-0.3, -0.25) is 9.69 Å². The van der Waals surface area contributed by atoms with Crippen LogP contribution in [0.3, 0.4) is 0 Å². The normalized spacial score (nSPS) is 19.9. The molecule has 0 spiro atoms. The van der Waals surface area contributed by atoms with E-state index in [0.29, 0.717) is 0 Å². The summed E-state index contributed by atoms with van der Waals surface area (Å²) in [6, 6.07) is 14.3. The molecule has 148 valence electrons. The number of benzene rings is 2. The zero-order valence-corrected chi connectivity index (χ0v) is 16.5. The Morgan fingerprint density at radius 1 is 1.11 bits per heavy atom. The molecule has 2 aliphatic heterocycles. The van der Waals surface area contributed by atoms with Gasteiger partial charge in [0.1, 0.15) is 12.0 Å². The van der Waals surface area contributed by atoms with Gasteiger partial charge >= 0.3 is 0 Å². The molecule has 0 radical (unpaired) electrons. The lowest BCUT2D eigenvalue weighted by Crippen LogP contribution is -2.46. The molecule has 1 unspecified atom stereocenters. The van der Waals surface area contributed by atoms with Crippen molar-refractivity contribution in [1.29, 1.82) is 0 Å². The van der Waals surface area contributed by atoms with Gasteiger partial charge < -0.3 is 14.4 Å². The summed E-state index contributed by atoms with van der Waals surface area (Å²) >= 11 is 0. The van der Waals surface area contributed by atoms with E-state index in [9.17, 15) is 4.79 Å². The maximum absolute atomic E-state index is 11.0. The van der Waals surface area contributed by atoms with Crippen molar-refractivity contribution in [2.45, 2.75) is 18.9 Å². The van der Waals surface area contributed by atoms with Crippen molar-refractivity contribution < 1.29 is 14.3 Å². The van der Waals surface area contributed by atoms with Gasteiger partial charge in [-0.25, -0.2) is 0 Å². The molecule has 1 atom stereocenters. The van der Waals surface area contributed by atoms with Gasteiger partial charge in [-0.1, -0.05) is 12.1 Å². The van der Waals surface area contributed by atoms with Gasteiger partial charge in [0.2, 0.25) is 0 Å². The van der Waals surface area contributed by atoms with Crippen molar-refractivity contribution in [1.82, 2.24) is 4.90 Å². The fourth-order valence-corrected chi connectivity index (χ4v) is 4.19. The predicted molar refractivity (Wildman–Crippen MR) is 110 cm³/mol. The zero-order valence-electron chi connectivity index (χ0n) is 16.5. The summed E-state index contributed by atoms with van der Waals surface area (Å²) in [5.41, 5.74) is 4.55. The molecule has 0 N–H and O–H groups in total. The van der Waals surface area contributed by atoms with Gasteiger partial charge in [0.15, 0.2) is 0 Å². The number of fused-ring (bicyclic) bond motifs is 1. The van der Waals surface area contributed by atoms with Crippen LogP contribution in [0, 0.1) is 0 Å². The van der Waals surface area contributed by atoms with Crippen LogP contribution in [-0.4, -0.2) is 57.6 Å². The van der Waals surface area contributed by atoms with Crippen LogP contribution in [0.25, 0.3) is 0 Å². The monoisotopic (exact) mass is 380 g/mol. The minimum Gasteiger partial charge on any atom is -0.497 e. The van der Waals surface area contributed by atoms with E-state index >= 15 is 0 Å². The van der Waals surface area contributed by atoms with Crippen molar-refractivity contribution in [2.24, 2.45) is 0 Å². The summed E-state index contributed by atoms with van der Waals surface area (Å²) in [6.07, 6.45) is 2.96. The van der Waals surface area contributed by atoms with Crippen LogP contribution in [0.15, 0.2) is 42.5 Å². The first-order valence-corrected chi connectivity index (χ1v) is 10.1. The summed E-state index contributed by atoms with van der Waals surface area (Å²) < 4.78 is 11.3. The molecule has 1 fully saturated rings. The van der Waals surface area contributed by atoms with Gasteiger partial charge in [-0.2, -0.15) is 0 Å². The number of anilines is 1. The van der Waals surface area contributed by atoms with Crippen LogP contribution in [0.1, 0.15) is 34.0 Å². The molecule has 2 aromatic carbocycles. The van der Waals surface area contributed by atoms with Gasteiger partial charge in [-0.15, -0.1) is 0 Å². The van der Waals surface area contributed by atoms with Crippen molar-refractivity contribution in [2.75, 3.05) is 51.3 Å². The number of nitrogens with zero attached hydrogens (tertiary/aromatic N) is 2. The first-order valence-electron chi connectivity index (χ1n) is 10.1. The molecule has 0 aromatic heterocycles. The van der Waals surface area contributed by atoms with Gasteiger partial charge in [0.25, 0.3) is 0 Å². The van der Waals surface area contributed by atoms with E-state index < -0.39 is 0 Å². The number of carbonyl (C=O) groups is 1. The quantitative estimate of drug-likeness (QED) is 0.719. The summed E-state index contributed by atoms with van der Waals surface area (Å²) in [6.45, 7) is 5.99. The number of carbonyl (C=O) groups excluding carboxylic acids is 1. The fraction of sp³-hybridized carbons (Fsp3) is 0.435. The van der Waals surface area contributed by atoms with E-state index in [1.807, 2.05) is 24.3 Å². The number of piperazine rings is 1. The average Bonchev–Trinajstić information content (AvgIpc) is 2.77. The third-order valence-corrected chi connectivity index (χ3v) is 5.86. The minimum absolute atomic E-state index is 0.143. The van der Waals surface area contributed by atoms with Crippen molar-refractivity contribution in [3.8, 4) is 5.75 Å². The topological polar surface area (TPSA) is 42.0 Å². The Labute approximate surface area is 166 Å². The first-order chi connectivity index (χ1) is 13.8. The molecule has 28 heavy (non-hydrogen) atoms. The van der Waals surface area contributed by atoms with Crippen LogP contribution in [0.5, 0.6) is 5.75 Å². The van der Waals surface area contributed by atoms with E-state index in [4.69, 9.17) is 9.47 Å². The number of ether oxygens (including phenoxy) is 2. The highest BCUT2D eigenvalue weighted by Crippen LogP contribution is 2.30. The average molecular weight is 380 g/mol. The second-order valence-electron chi connectivity index (χ2n) is 7.50. The Morgan fingerprint density at radius 3 is 2.61 bits per heavy atom. The van der Waals surface area contributed by atoms with Crippen LogP contribution in [0.4, 0.5) is 5.69 Å². The predicted octanol–water partition coefficient (Wildman–Crippen LogP) is 3.33. The van der Waals surface area contributed by atoms with E-state index in [0.717, 1.165) is 69.8 Å². The first kappa shape index (κ1) is 19.0. The minimum atomic E-state index is 0.143. The highest BCUT2D eigenvalue weighted by atomic mass is 16.5. The Hall–Kier alpha value is -2.37. The van der Waals surface area contributed by atoms with Crippen LogP contribution in [-0.2, 0) is 11.2 Å². The maximum atomic E-state index is 11.0. The van der Waals surface area contributed by atoms with Crippen molar-refractivity contribution >= 4 is 12.0 Å². The summed E-state index contributed by atoms with van der Waals surface area (Å²) in [5.74, 6) is 0.899. The van der Waals surface area contributed by atoms with E-state index in [1.54, 1.807) is 7.11 Å². The lowest BCUT2D eigenvalue weighted by Gasteiger charge is -2.37. The summed E-state index contributed by atoms with van der Waals surface area (Å²) in [4.78, 5) is 16.0. The highest BCUT2D eigenvalue weighted by molar-refractivity contribution is 5.75. The molecule has 5 nitrogen and oxygen atoms in total. The Bertz CT molecular complexity index is 798. The zero-order chi connectivity index (χ0) is 19.3. The second-order valence-corrected chi connectivity index (χ2v) is 7.50. The highest BCUT2D eigenvalue weighted by Gasteiger charge is 2.23. The number of hydrogen-bond acceptors (Lipinski definition) is 5. The summed E-state index contributed by atoms with van der Waals surface area (Å²) in [7, 11) is 1.70. The molecule has 2 heterocycles. The molecule has 2 aromatic rings. The number of aldehydes is 1. The standard InChI is InChI=1S/C23H28N2O3/c1-27-21-5-3-20(4-6-21)25-13-11-24(12-14-25)10-8-23-22-7-2-18(17-26)16-19(22)9-15-28-23/h2-7,16-17,23H,8-15H2,1H3. The number of hydrogen-bond donors (Lipinski definition) is 0. The SMILES string of the molecule is COc1ccc(N2CCN(CCC3OCCc4cc(C=O)ccc43)CC2)cc1. The smallest absolute Gasteiger partial charge is 0.150 e. The molecule has 5 heteroatoms. The number of methoxy groups -OCH3 is 1. The third-order valence-electron chi connectivity index (χ3n) is 5.86. The van der Waals surface area contributed by atoms with E-state index in [1.165, 1.54) is 16.8 Å². The Kier molecular flexibility index (Phi) is 5.93. The van der Waals surface area contributed by atoms with Crippen molar-refractivity contribution in [3.63, 3.8) is 0 Å². The van der Waals surface area contributed by atoms with Crippen LogP contribution in [0.2, 0.25) is 0 Å². The van der Waals surface area contributed by atoms with E-state index in [2.05, 4.69) is 28.0 Å². The lowest BCUT2D eigenvalue weighted by atomic mass is 9.94. The van der Waals surface area contributed by atoms with Crippen LogP contribution >= 0.6 is 0 Å². The molecule has 0 saturated carbocycles. The third kappa shape index (κ3) is 4.21.